The van der Waals surface area contributed by atoms with Crippen LogP contribution in [0.4, 0.5) is 0 Å². The minimum Gasteiger partial charge on any atom is -0.459 e. The fourth-order valence-corrected chi connectivity index (χ4v) is 1.32. The summed E-state index contributed by atoms with van der Waals surface area (Å²) in [5, 5.41) is 2.87. The lowest BCUT2D eigenvalue weighted by Gasteiger charge is -2.23. The van der Waals surface area contributed by atoms with Gasteiger partial charge in [-0.3, -0.25) is 9.59 Å². The predicted molar refractivity (Wildman–Crippen MR) is 80.5 cm³/mol. The highest BCUT2D eigenvalue weighted by Gasteiger charge is 2.24. The van der Waals surface area contributed by atoms with E-state index in [-0.39, 0.29) is 13.1 Å². The van der Waals surface area contributed by atoms with Crippen molar-refractivity contribution in [2.75, 3.05) is 13.1 Å². The fraction of sp³-hybridized carbons (Fsp3) is 0.857. The number of carbonyl (C=O) groups excluding carboxylic acids is 2. The van der Waals surface area contributed by atoms with Gasteiger partial charge in [0.2, 0.25) is 0 Å². The van der Waals surface area contributed by atoms with Crippen LogP contribution in [0.2, 0.25) is 0 Å². The van der Waals surface area contributed by atoms with Gasteiger partial charge in [0, 0.05) is 13.1 Å². The van der Waals surface area contributed by atoms with Crippen LogP contribution in [0.15, 0.2) is 0 Å². The molecule has 0 radical (unpaired) electrons. The van der Waals surface area contributed by atoms with Crippen molar-refractivity contribution in [3.8, 4) is 0 Å². The van der Waals surface area contributed by atoms with Crippen molar-refractivity contribution in [2.45, 2.75) is 64.8 Å². The number of esters is 2. The smallest absolute Gasteiger partial charge is 0.324 e. The Kier molecular flexibility index (Phi) is 7.29. The molecule has 0 aliphatic carbocycles. The van der Waals surface area contributed by atoms with E-state index in [2.05, 4.69) is 5.32 Å². The molecule has 0 fully saturated rings. The van der Waals surface area contributed by atoms with Crippen molar-refractivity contribution in [1.29, 1.82) is 0 Å². The molecular formula is C14H29N3O4. The van der Waals surface area contributed by atoms with Gasteiger partial charge in [-0.1, -0.05) is 0 Å². The zero-order valence-corrected chi connectivity index (χ0v) is 13.9. The molecule has 0 rings (SSSR count). The van der Waals surface area contributed by atoms with Gasteiger partial charge in [0.15, 0.2) is 0 Å². The van der Waals surface area contributed by atoms with Crippen molar-refractivity contribution in [1.82, 2.24) is 5.32 Å². The highest BCUT2D eigenvalue weighted by Crippen LogP contribution is 2.08. The Labute approximate surface area is 126 Å². The normalized spacial score (nSPS) is 15.2. The maximum atomic E-state index is 11.6. The van der Waals surface area contributed by atoms with E-state index in [1.807, 2.05) is 0 Å². The molecule has 0 saturated heterocycles. The first-order valence-electron chi connectivity index (χ1n) is 6.99. The zero-order valence-electron chi connectivity index (χ0n) is 13.9. The second-order valence-electron chi connectivity index (χ2n) is 6.94. The summed E-state index contributed by atoms with van der Waals surface area (Å²) in [6.45, 7) is 10.9. The minimum absolute atomic E-state index is 0.172. The predicted octanol–water partition coefficient (Wildman–Crippen LogP) is -0.0860. The minimum atomic E-state index is -0.810. The number of ether oxygens (including phenoxy) is 2. The fourth-order valence-electron chi connectivity index (χ4n) is 1.32. The molecule has 0 aromatic heterocycles. The highest BCUT2D eigenvalue weighted by atomic mass is 16.6. The third kappa shape index (κ3) is 10.2. The lowest BCUT2D eigenvalue weighted by atomic mass is 10.2. The summed E-state index contributed by atoms with van der Waals surface area (Å²) in [5.74, 6) is -0.998. The molecule has 124 valence electrons. The maximum Gasteiger partial charge on any atom is 0.324 e. The van der Waals surface area contributed by atoms with Crippen LogP contribution in [0.5, 0.6) is 0 Å². The van der Waals surface area contributed by atoms with Gasteiger partial charge in [-0.2, -0.15) is 0 Å². The number of nitrogens with two attached hydrogens (primary N) is 2. The number of nitrogens with one attached hydrogen (secondary N) is 1. The van der Waals surface area contributed by atoms with Crippen molar-refractivity contribution >= 4 is 11.9 Å². The summed E-state index contributed by atoms with van der Waals surface area (Å²) in [4.78, 5) is 23.3. The van der Waals surface area contributed by atoms with E-state index in [1.54, 1.807) is 41.5 Å². The third-order valence-corrected chi connectivity index (χ3v) is 2.15. The van der Waals surface area contributed by atoms with Crippen LogP contribution in [0.3, 0.4) is 0 Å². The van der Waals surface area contributed by atoms with E-state index >= 15 is 0 Å². The summed E-state index contributed by atoms with van der Waals surface area (Å²) >= 11 is 0. The average molecular weight is 303 g/mol. The molecule has 0 aromatic carbocycles. The van der Waals surface area contributed by atoms with Crippen molar-refractivity contribution in [2.24, 2.45) is 11.5 Å². The van der Waals surface area contributed by atoms with Gasteiger partial charge in [0.1, 0.15) is 23.3 Å². The van der Waals surface area contributed by atoms with Gasteiger partial charge in [-0.15, -0.1) is 0 Å². The Bertz CT molecular complexity index is 324. The van der Waals surface area contributed by atoms with Gasteiger partial charge in [-0.25, -0.2) is 0 Å². The third-order valence-electron chi connectivity index (χ3n) is 2.15. The van der Waals surface area contributed by atoms with Crippen LogP contribution in [-0.4, -0.2) is 48.3 Å². The summed E-state index contributed by atoms with van der Waals surface area (Å²) in [7, 11) is 0. The van der Waals surface area contributed by atoms with Crippen LogP contribution in [0.1, 0.15) is 41.5 Å². The molecule has 0 bridgehead atoms. The van der Waals surface area contributed by atoms with E-state index in [0.717, 1.165) is 0 Å². The van der Waals surface area contributed by atoms with Crippen LogP contribution < -0.4 is 16.8 Å². The molecule has 0 aliphatic rings. The number of hydrogen-bond donors (Lipinski definition) is 3. The standard InChI is InChI=1S/C14H29N3O4/c1-13(2,3)20-11(18)9(15)7-17-8-10(16)12(19)21-14(4,5)6/h9-10,17H,7-8,15-16H2,1-6H3. The average Bonchev–Trinajstić information content (AvgIpc) is 2.23. The monoisotopic (exact) mass is 303 g/mol. The van der Waals surface area contributed by atoms with Crippen molar-refractivity contribution < 1.29 is 19.1 Å². The Morgan fingerprint density at radius 2 is 1.14 bits per heavy atom. The van der Waals surface area contributed by atoms with E-state index in [9.17, 15) is 9.59 Å². The first kappa shape index (κ1) is 19.8. The first-order chi connectivity index (χ1) is 9.32. The lowest BCUT2D eigenvalue weighted by Crippen LogP contribution is -2.49. The number of hydrogen-bond acceptors (Lipinski definition) is 7. The molecule has 7 nitrogen and oxygen atoms in total. The van der Waals surface area contributed by atoms with E-state index in [1.165, 1.54) is 0 Å². The number of rotatable bonds is 6. The number of carbonyl (C=O) groups is 2. The van der Waals surface area contributed by atoms with Crippen LogP contribution in [0.25, 0.3) is 0 Å². The van der Waals surface area contributed by atoms with Crippen molar-refractivity contribution in [3.05, 3.63) is 0 Å². The quantitative estimate of drug-likeness (QED) is 0.587. The van der Waals surface area contributed by atoms with Crippen LogP contribution in [-0.2, 0) is 19.1 Å². The molecule has 2 atom stereocenters. The summed E-state index contributed by atoms with van der Waals surface area (Å²) in [6, 6.07) is -1.62. The van der Waals surface area contributed by atoms with Crippen molar-refractivity contribution in [3.63, 3.8) is 0 Å². The highest BCUT2D eigenvalue weighted by molar-refractivity contribution is 5.77. The zero-order chi connectivity index (χ0) is 16.8. The molecule has 21 heavy (non-hydrogen) atoms. The Hall–Kier alpha value is -1.18. The van der Waals surface area contributed by atoms with Crippen LogP contribution >= 0.6 is 0 Å². The molecule has 0 aromatic rings. The summed E-state index contributed by atoms with van der Waals surface area (Å²) < 4.78 is 10.3. The summed E-state index contributed by atoms with van der Waals surface area (Å²) in [5.41, 5.74) is 10.2. The van der Waals surface area contributed by atoms with Gasteiger partial charge >= 0.3 is 11.9 Å². The van der Waals surface area contributed by atoms with E-state index in [4.69, 9.17) is 20.9 Å². The molecule has 2 unspecified atom stereocenters. The lowest BCUT2D eigenvalue weighted by molar-refractivity contribution is -0.156. The first-order valence-corrected chi connectivity index (χ1v) is 6.99. The maximum absolute atomic E-state index is 11.6. The van der Waals surface area contributed by atoms with Gasteiger partial charge in [0.25, 0.3) is 0 Å². The molecule has 0 heterocycles. The Balaban J connectivity index is 4.08. The van der Waals surface area contributed by atoms with E-state index in [0.29, 0.717) is 0 Å². The second-order valence-corrected chi connectivity index (χ2v) is 6.94. The molecule has 0 spiro atoms. The summed E-state index contributed by atoms with van der Waals surface area (Å²) in [6.07, 6.45) is 0. The molecule has 7 heteroatoms. The Morgan fingerprint density at radius 3 is 1.38 bits per heavy atom. The second kappa shape index (κ2) is 7.72. The molecule has 5 N–H and O–H groups in total. The molecular weight excluding hydrogens is 274 g/mol. The Morgan fingerprint density at radius 1 is 0.857 bits per heavy atom. The van der Waals surface area contributed by atoms with E-state index < -0.39 is 35.2 Å². The molecule has 0 amide bonds. The SMILES string of the molecule is CC(C)(C)OC(=O)C(N)CNCC(N)C(=O)OC(C)(C)C. The molecule has 0 aliphatic heterocycles. The largest absolute Gasteiger partial charge is 0.459 e. The van der Waals surface area contributed by atoms with Gasteiger partial charge in [0.05, 0.1) is 0 Å². The van der Waals surface area contributed by atoms with Gasteiger partial charge < -0.3 is 26.3 Å². The van der Waals surface area contributed by atoms with Gasteiger partial charge in [-0.05, 0) is 41.5 Å². The topological polar surface area (TPSA) is 117 Å². The van der Waals surface area contributed by atoms with Crippen LogP contribution in [0, 0.1) is 0 Å². The molecule has 0 saturated carbocycles.